The van der Waals surface area contributed by atoms with E-state index in [1.165, 1.54) is 18.2 Å². The summed E-state index contributed by atoms with van der Waals surface area (Å²) in [5.41, 5.74) is 4.29. The van der Waals surface area contributed by atoms with Crippen LogP contribution >= 0.6 is 0 Å². The van der Waals surface area contributed by atoms with Crippen LogP contribution in [0.1, 0.15) is 38.2 Å². The van der Waals surface area contributed by atoms with Crippen LogP contribution in [0.4, 0.5) is 5.69 Å². The molecule has 0 aliphatic heterocycles. The third-order valence-corrected chi connectivity index (χ3v) is 4.31. The largest absolute Gasteiger partial charge is 0.496 e. The maximum absolute atomic E-state index is 12.9. The van der Waals surface area contributed by atoms with Crippen LogP contribution in [0.15, 0.2) is 24.3 Å². The zero-order valence-corrected chi connectivity index (χ0v) is 13.9. The zero-order chi connectivity index (χ0) is 17.3. The van der Waals surface area contributed by atoms with Gasteiger partial charge in [0.15, 0.2) is 5.78 Å². The summed E-state index contributed by atoms with van der Waals surface area (Å²) in [5.74, 6) is 0.563. The maximum Gasteiger partial charge on any atom is 0.270 e. The molecule has 5 heteroatoms. The SMILES string of the molecule is COc1c(C)c(C)c(C(=O)c2cccc([N+](=O)[O-])c2)c(C)c1C. The number of ether oxygens (including phenoxy) is 1. The highest BCUT2D eigenvalue weighted by molar-refractivity contribution is 6.11. The molecule has 0 unspecified atom stereocenters. The Hall–Kier alpha value is -2.69. The molecule has 2 aromatic carbocycles. The van der Waals surface area contributed by atoms with Crippen molar-refractivity contribution in [3.8, 4) is 5.75 Å². The predicted molar refractivity (Wildman–Crippen MR) is 88.5 cm³/mol. The summed E-state index contributed by atoms with van der Waals surface area (Å²) >= 11 is 0. The van der Waals surface area contributed by atoms with Gasteiger partial charge in [-0.15, -0.1) is 0 Å². The first-order chi connectivity index (χ1) is 10.8. The van der Waals surface area contributed by atoms with E-state index >= 15 is 0 Å². The molecular weight excluding hydrogens is 294 g/mol. The maximum atomic E-state index is 12.9. The quantitative estimate of drug-likeness (QED) is 0.485. The first-order valence-corrected chi connectivity index (χ1v) is 7.23. The Morgan fingerprint density at radius 2 is 1.61 bits per heavy atom. The molecule has 2 aromatic rings. The third-order valence-electron chi connectivity index (χ3n) is 4.31. The molecule has 0 spiro atoms. The summed E-state index contributed by atoms with van der Waals surface area (Å²) in [6, 6.07) is 5.82. The van der Waals surface area contributed by atoms with Gasteiger partial charge in [-0.1, -0.05) is 12.1 Å². The number of ketones is 1. The average molecular weight is 313 g/mol. The summed E-state index contributed by atoms with van der Waals surface area (Å²) in [5, 5.41) is 10.9. The normalized spacial score (nSPS) is 10.5. The number of nitrogens with zero attached hydrogens (tertiary/aromatic N) is 1. The fraction of sp³-hybridized carbons (Fsp3) is 0.278. The smallest absolute Gasteiger partial charge is 0.270 e. The average Bonchev–Trinajstić information content (AvgIpc) is 2.53. The Labute approximate surface area is 135 Å². The van der Waals surface area contributed by atoms with E-state index < -0.39 is 4.92 Å². The van der Waals surface area contributed by atoms with Gasteiger partial charge in [0, 0.05) is 23.3 Å². The highest BCUT2D eigenvalue weighted by Gasteiger charge is 2.22. The number of hydrogen-bond acceptors (Lipinski definition) is 4. The van der Waals surface area contributed by atoms with Gasteiger partial charge in [-0.3, -0.25) is 14.9 Å². The number of methoxy groups -OCH3 is 1. The summed E-state index contributed by atoms with van der Waals surface area (Å²) in [4.78, 5) is 23.3. The van der Waals surface area contributed by atoms with Crippen LogP contribution in [-0.4, -0.2) is 17.8 Å². The lowest BCUT2D eigenvalue weighted by atomic mass is 9.88. The molecule has 0 aliphatic rings. The highest BCUT2D eigenvalue weighted by atomic mass is 16.6. The summed E-state index contributed by atoms with van der Waals surface area (Å²) in [7, 11) is 1.61. The molecule has 5 nitrogen and oxygen atoms in total. The Morgan fingerprint density at radius 1 is 1.04 bits per heavy atom. The van der Waals surface area contributed by atoms with Crippen molar-refractivity contribution in [3.63, 3.8) is 0 Å². The second kappa shape index (κ2) is 6.20. The lowest BCUT2D eigenvalue weighted by Gasteiger charge is -2.18. The molecule has 23 heavy (non-hydrogen) atoms. The van der Waals surface area contributed by atoms with E-state index in [4.69, 9.17) is 4.74 Å². The third kappa shape index (κ3) is 2.82. The second-order valence-electron chi connectivity index (χ2n) is 5.54. The molecule has 2 rings (SSSR count). The van der Waals surface area contributed by atoms with Crippen LogP contribution in [0.3, 0.4) is 0 Å². The van der Waals surface area contributed by atoms with Crippen molar-refractivity contribution < 1.29 is 14.5 Å². The van der Waals surface area contributed by atoms with Gasteiger partial charge in [0.25, 0.3) is 5.69 Å². The highest BCUT2D eigenvalue weighted by Crippen LogP contribution is 2.33. The second-order valence-corrected chi connectivity index (χ2v) is 5.54. The number of benzene rings is 2. The van der Waals surface area contributed by atoms with E-state index in [1.54, 1.807) is 13.2 Å². The van der Waals surface area contributed by atoms with Gasteiger partial charge in [-0.05, 0) is 49.9 Å². The topological polar surface area (TPSA) is 69.4 Å². The molecule has 0 aliphatic carbocycles. The molecule has 0 N–H and O–H groups in total. The zero-order valence-electron chi connectivity index (χ0n) is 13.9. The Balaban J connectivity index is 2.65. The van der Waals surface area contributed by atoms with Gasteiger partial charge in [0.2, 0.25) is 0 Å². The van der Waals surface area contributed by atoms with Gasteiger partial charge in [-0.25, -0.2) is 0 Å². The van der Waals surface area contributed by atoms with E-state index in [9.17, 15) is 14.9 Å². The van der Waals surface area contributed by atoms with Crippen LogP contribution in [0.5, 0.6) is 5.75 Å². The molecule has 0 aromatic heterocycles. The number of nitro benzene ring substituents is 1. The Kier molecular flexibility index (Phi) is 4.50. The van der Waals surface area contributed by atoms with E-state index in [-0.39, 0.29) is 11.5 Å². The van der Waals surface area contributed by atoms with Crippen LogP contribution in [0.25, 0.3) is 0 Å². The number of carbonyl (C=O) groups is 1. The van der Waals surface area contributed by atoms with Crippen molar-refractivity contribution >= 4 is 11.5 Å². The molecule has 0 atom stereocenters. The first-order valence-electron chi connectivity index (χ1n) is 7.23. The van der Waals surface area contributed by atoms with E-state index in [0.717, 1.165) is 28.0 Å². The van der Waals surface area contributed by atoms with E-state index in [0.29, 0.717) is 11.1 Å². The van der Waals surface area contributed by atoms with Crippen LogP contribution in [0, 0.1) is 37.8 Å². The summed E-state index contributed by atoms with van der Waals surface area (Å²) in [6.45, 7) is 7.55. The van der Waals surface area contributed by atoms with Gasteiger partial charge in [0.1, 0.15) is 5.75 Å². The number of carbonyl (C=O) groups excluding carboxylic acids is 1. The van der Waals surface area contributed by atoms with Crippen LogP contribution in [0.2, 0.25) is 0 Å². The van der Waals surface area contributed by atoms with Crippen molar-refractivity contribution in [3.05, 3.63) is 67.8 Å². The number of rotatable bonds is 4. The molecule has 0 radical (unpaired) electrons. The molecular formula is C18H19NO4. The van der Waals surface area contributed by atoms with Crippen LogP contribution < -0.4 is 4.74 Å². The van der Waals surface area contributed by atoms with Gasteiger partial charge < -0.3 is 4.74 Å². The van der Waals surface area contributed by atoms with Crippen molar-refractivity contribution in [2.45, 2.75) is 27.7 Å². The van der Waals surface area contributed by atoms with Crippen molar-refractivity contribution in [2.75, 3.05) is 7.11 Å². The first kappa shape index (κ1) is 16.7. The standard InChI is InChI=1S/C18H19NO4/c1-10-12(3)18(23-5)13(4)11(2)16(10)17(20)14-7-6-8-15(9-14)19(21)22/h6-9H,1-5H3. The lowest BCUT2D eigenvalue weighted by Crippen LogP contribution is -2.10. The molecule has 0 fully saturated rings. The molecule has 0 bridgehead atoms. The Bertz CT molecular complexity index is 780. The molecule has 0 heterocycles. The monoisotopic (exact) mass is 313 g/mol. The van der Waals surface area contributed by atoms with E-state index in [2.05, 4.69) is 0 Å². The van der Waals surface area contributed by atoms with Gasteiger partial charge in [-0.2, -0.15) is 0 Å². The Morgan fingerprint density at radius 3 is 2.09 bits per heavy atom. The minimum absolute atomic E-state index is 0.0897. The van der Waals surface area contributed by atoms with Gasteiger partial charge in [0.05, 0.1) is 12.0 Å². The van der Waals surface area contributed by atoms with Crippen LogP contribution in [-0.2, 0) is 0 Å². The summed E-state index contributed by atoms with van der Waals surface area (Å²) in [6.07, 6.45) is 0. The number of nitro groups is 1. The molecule has 0 saturated carbocycles. The fourth-order valence-corrected chi connectivity index (χ4v) is 2.83. The predicted octanol–water partition coefficient (Wildman–Crippen LogP) is 4.07. The van der Waals surface area contributed by atoms with Crippen molar-refractivity contribution in [1.29, 1.82) is 0 Å². The number of hydrogen-bond donors (Lipinski definition) is 0. The number of non-ortho nitro benzene ring substituents is 1. The minimum Gasteiger partial charge on any atom is -0.496 e. The van der Waals surface area contributed by atoms with Crippen molar-refractivity contribution in [2.24, 2.45) is 0 Å². The minimum atomic E-state index is -0.499. The molecule has 0 amide bonds. The van der Waals surface area contributed by atoms with Crippen molar-refractivity contribution in [1.82, 2.24) is 0 Å². The molecule has 120 valence electrons. The molecule has 0 saturated heterocycles. The summed E-state index contributed by atoms with van der Waals surface area (Å²) < 4.78 is 5.43. The fourth-order valence-electron chi connectivity index (χ4n) is 2.83. The van der Waals surface area contributed by atoms with E-state index in [1.807, 2.05) is 27.7 Å². The lowest BCUT2D eigenvalue weighted by molar-refractivity contribution is -0.384. The van der Waals surface area contributed by atoms with Gasteiger partial charge >= 0.3 is 0 Å².